The molecule has 0 spiro atoms. The van der Waals surface area contributed by atoms with E-state index < -0.39 is 5.97 Å². The zero-order valence-corrected chi connectivity index (χ0v) is 12.5. The maximum atomic E-state index is 11.4. The molecule has 1 aromatic heterocycles. The van der Waals surface area contributed by atoms with Gasteiger partial charge in [0.05, 0.1) is 17.3 Å². The number of carboxylic acid groups (broad SMARTS) is 1. The Morgan fingerprint density at radius 3 is 2.78 bits per heavy atom. The molecule has 2 aromatic rings. The van der Waals surface area contributed by atoms with Gasteiger partial charge in [-0.15, -0.1) is 0 Å². The zero-order valence-electron chi connectivity index (χ0n) is 12.5. The van der Waals surface area contributed by atoms with Crippen LogP contribution in [-0.2, 0) is 0 Å². The van der Waals surface area contributed by atoms with Gasteiger partial charge in [-0.3, -0.25) is 0 Å². The Bertz CT molecular complexity index is 840. The Kier molecular flexibility index (Phi) is 3.50. The van der Waals surface area contributed by atoms with Gasteiger partial charge in [0.2, 0.25) is 5.75 Å². The number of aromatic nitrogens is 1. The Morgan fingerprint density at radius 1 is 1.35 bits per heavy atom. The van der Waals surface area contributed by atoms with Crippen LogP contribution in [0.1, 0.15) is 29.8 Å². The third kappa shape index (κ3) is 2.62. The Morgan fingerprint density at radius 2 is 2.13 bits per heavy atom. The lowest BCUT2D eigenvalue weighted by atomic mass is 10.1. The van der Waals surface area contributed by atoms with E-state index in [0.29, 0.717) is 22.7 Å². The molecule has 1 aromatic carbocycles. The summed E-state index contributed by atoms with van der Waals surface area (Å²) in [6, 6.07) is 6.74. The average molecular weight is 311 g/mol. The standard InChI is InChI=1S/C16H13N3O4/c1-8(2)19-13-10(16(20)21)7-18-15-14(13)22-12-5-9(6-17)3-4-11(12)23-15/h3-5,7-8H,1-2H3,(H,18,19)(H,20,21). The highest BCUT2D eigenvalue weighted by atomic mass is 16.6. The van der Waals surface area contributed by atoms with Gasteiger partial charge in [0.25, 0.3) is 5.88 Å². The van der Waals surface area contributed by atoms with Crippen molar-refractivity contribution in [3.8, 4) is 29.2 Å². The van der Waals surface area contributed by atoms with Gasteiger partial charge in [-0.1, -0.05) is 0 Å². The number of carbonyl (C=O) groups is 1. The van der Waals surface area contributed by atoms with Crippen LogP contribution in [0.15, 0.2) is 24.4 Å². The quantitative estimate of drug-likeness (QED) is 0.764. The number of nitrogens with zero attached hydrogens (tertiary/aromatic N) is 2. The van der Waals surface area contributed by atoms with E-state index in [2.05, 4.69) is 10.3 Å². The molecule has 0 amide bonds. The van der Waals surface area contributed by atoms with E-state index in [9.17, 15) is 9.90 Å². The number of fused-ring (bicyclic) bond motifs is 2. The van der Waals surface area contributed by atoms with E-state index in [0.717, 1.165) is 0 Å². The van der Waals surface area contributed by atoms with E-state index in [1.807, 2.05) is 19.9 Å². The molecule has 1 aliphatic rings. The fourth-order valence-corrected chi connectivity index (χ4v) is 2.19. The lowest BCUT2D eigenvalue weighted by Gasteiger charge is -2.24. The van der Waals surface area contributed by atoms with Crippen LogP contribution in [0.4, 0.5) is 5.69 Å². The summed E-state index contributed by atoms with van der Waals surface area (Å²) in [7, 11) is 0. The molecule has 0 saturated carbocycles. The van der Waals surface area contributed by atoms with E-state index in [-0.39, 0.29) is 23.2 Å². The van der Waals surface area contributed by atoms with Crippen molar-refractivity contribution in [2.45, 2.75) is 19.9 Å². The average Bonchev–Trinajstić information content (AvgIpc) is 2.52. The summed E-state index contributed by atoms with van der Waals surface area (Å²) < 4.78 is 11.4. The van der Waals surface area contributed by atoms with Crippen molar-refractivity contribution >= 4 is 11.7 Å². The minimum absolute atomic E-state index is 0.0130. The van der Waals surface area contributed by atoms with Crippen LogP contribution in [0.3, 0.4) is 0 Å². The monoisotopic (exact) mass is 311 g/mol. The smallest absolute Gasteiger partial charge is 0.339 e. The molecule has 0 radical (unpaired) electrons. The van der Waals surface area contributed by atoms with Crippen LogP contribution in [-0.4, -0.2) is 22.1 Å². The summed E-state index contributed by atoms with van der Waals surface area (Å²) in [6.45, 7) is 3.76. The normalized spacial score (nSPS) is 11.6. The van der Waals surface area contributed by atoms with Crippen molar-refractivity contribution < 1.29 is 19.4 Å². The first kappa shape index (κ1) is 14.7. The van der Waals surface area contributed by atoms with Gasteiger partial charge in [-0.25, -0.2) is 9.78 Å². The van der Waals surface area contributed by atoms with Crippen molar-refractivity contribution in [3.63, 3.8) is 0 Å². The van der Waals surface area contributed by atoms with Gasteiger partial charge in [0.15, 0.2) is 11.5 Å². The summed E-state index contributed by atoms with van der Waals surface area (Å²) in [5.74, 6) is 0.00966. The third-order valence-electron chi connectivity index (χ3n) is 3.16. The maximum Gasteiger partial charge on any atom is 0.339 e. The van der Waals surface area contributed by atoms with Gasteiger partial charge >= 0.3 is 5.97 Å². The highest BCUT2D eigenvalue weighted by molar-refractivity contribution is 5.96. The lowest BCUT2D eigenvalue weighted by Crippen LogP contribution is -2.16. The van der Waals surface area contributed by atoms with Crippen molar-refractivity contribution in [2.24, 2.45) is 0 Å². The second-order valence-corrected chi connectivity index (χ2v) is 5.26. The molecule has 0 bridgehead atoms. The molecule has 2 N–H and O–H groups in total. The van der Waals surface area contributed by atoms with Crippen LogP contribution in [0.2, 0.25) is 0 Å². The number of nitriles is 1. The number of hydrogen-bond donors (Lipinski definition) is 2. The van der Waals surface area contributed by atoms with E-state index in [1.165, 1.54) is 12.3 Å². The number of nitrogens with one attached hydrogen (secondary N) is 1. The first-order valence-corrected chi connectivity index (χ1v) is 6.92. The fourth-order valence-electron chi connectivity index (χ4n) is 2.19. The van der Waals surface area contributed by atoms with Gasteiger partial charge in [0.1, 0.15) is 5.56 Å². The zero-order chi connectivity index (χ0) is 16.6. The van der Waals surface area contributed by atoms with Crippen LogP contribution in [0, 0.1) is 11.3 Å². The van der Waals surface area contributed by atoms with Crippen molar-refractivity contribution in [1.82, 2.24) is 4.98 Å². The van der Waals surface area contributed by atoms with Crippen LogP contribution in [0.5, 0.6) is 23.1 Å². The predicted molar refractivity (Wildman–Crippen MR) is 81.3 cm³/mol. The minimum Gasteiger partial charge on any atom is -0.478 e. The fraction of sp³-hybridized carbons (Fsp3) is 0.188. The topological polar surface area (TPSA) is 104 Å². The Labute approximate surface area is 132 Å². The molecule has 7 heteroatoms. The lowest BCUT2D eigenvalue weighted by molar-refractivity contribution is 0.0697. The van der Waals surface area contributed by atoms with Crippen LogP contribution in [0.25, 0.3) is 0 Å². The summed E-state index contributed by atoms with van der Waals surface area (Å²) >= 11 is 0. The summed E-state index contributed by atoms with van der Waals surface area (Å²) in [5.41, 5.74) is 0.697. The number of anilines is 1. The van der Waals surface area contributed by atoms with Gasteiger partial charge in [-0.05, 0) is 26.0 Å². The molecule has 0 atom stereocenters. The van der Waals surface area contributed by atoms with Crippen molar-refractivity contribution in [3.05, 3.63) is 35.5 Å². The highest BCUT2D eigenvalue weighted by Crippen LogP contribution is 2.48. The first-order valence-electron chi connectivity index (χ1n) is 6.92. The molecule has 116 valence electrons. The Hall–Kier alpha value is -3.27. The predicted octanol–water partition coefficient (Wildman–Crippen LogP) is 3.37. The first-order chi connectivity index (χ1) is 11.0. The molecular weight excluding hydrogens is 298 g/mol. The molecule has 0 saturated heterocycles. The number of ether oxygens (including phenoxy) is 2. The largest absolute Gasteiger partial charge is 0.478 e. The number of benzene rings is 1. The second kappa shape index (κ2) is 5.50. The molecule has 0 unspecified atom stereocenters. The molecule has 0 aliphatic carbocycles. The molecule has 23 heavy (non-hydrogen) atoms. The molecule has 2 heterocycles. The molecule has 0 fully saturated rings. The van der Waals surface area contributed by atoms with E-state index in [4.69, 9.17) is 14.7 Å². The van der Waals surface area contributed by atoms with Gasteiger partial charge in [-0.2, -0.15) is 5.26 Å². The molecule has 3 rings (SSSR count). The SMILES string of the molecule is CC(C)Nc1c(C(=O)O)cnc2c1Oc1cc(C#N)ccc1O2. The molecule has 7 nitrogen and oxygen atoms in total. The number of rotatable bonds is 3. The van der Waals surface area contributed by atoms with Crippen molar-refractivity contribution in [1.29, 1.82) is 5.26 Å². The van der Waals surface area contributed by atoms with Crippen molar-refractivity contribution in [2.75, 3.05) is 5.32 Å². The highest BCUT2D eigenvalue weighted by Gasteiger charge is 2.28. The minimum atomic E-state index is -1.12. The maximum absolute atomic E-state index is 11.4. The second-order valence-electron chi connectivity index (χ2n) is 5.26. The summed E-state index contributed by atoms with van der Waals surface area (Å²) in [4.78, 5) is 15.4. The molecule has 1 aliphatic heterocycles. The van der Waals surface area contributed by atoms with Gasteiger partial charge < -0.3 is 19.9 Å². The van der Waals surface area contributed by atoms with Gasteiger partial charge in [0, 0.05) is 18.3 Å². The Balaban J connectivity index is 2.13. The van der Waals surface area contributed by atoms with Crippen LogP contribution >= 0.6 is 0 Å². The summed E-state index contributed by atoms with van der Waals surface area (Å²) in [5, 5.41) is 21.4. The van der Waals surface area contributed by atoms with E-state index in [1.54, 1.807) is 12.1 Å². The number of aromatic carboxylic acids is 1. The number of carboxylic acids is 1. The summed E-state index contributed by atoms with van der Waals surface area (Å²) in [6.07, 6.45) is 1.23. The third-order valence-corrected chi connectivity index (χ3v) is 3.16. The number of pyridine rings is 1. The van der Waals surface area contributed by atoms with E-state index >= 15 is 0 Å². The molecular formula is C16H13N3O4. The van der Waals surface area contributed by atoms with Crippen LogP contribution < -0.4 is 14.8 Å². The number of hydrogen-bond acceptors (Lipinski definition) is 6.